The molecule has 0 saturated carbocycles. The topological polar surface area (TPSA) is 36.4 Å². The zero-order valence-electron chi connectivity index (χ0n) is 11.6. The van der Waals surface area contributed by atoms with Crippen LogP contribution < -0.4 is 10.6 Å². The minimum Gasteiger partial charge on any atom is -0.356 e. The Morgan fingerprint density at radius 1 is 1.32 bits per heavy atom. The van der Waals surface area contributed by atoms with E-state index in [4.69, 9.17) is 0 Å². The zero-order chi connectivity index (χ0) is 14.3. The average molecular weight is 330 g/mol. The van der Waals surface area contributed by atoms with Gasteiger partial charge in [-0.3, -0.25) is 4.99 Å². The van der Waals surface area contributed by atoms with Crippen LogP contribution in [0.15, 0.2) is 27.7 Å². The summed E-state index contributed by atoms with van der Waals surface area (Å²) in [5, 5.41) is 6.40. The van der Waals surface area contributed by atoms with Crippen LogP contribution in [0.25, 0.3) is 0 Å². The Morgan fingerprint density at radius 3 is 2.63 bits per heavy atom. The molecule has 0 aliphatic rings. The Hall–Kier alpha value is -1.10. The predicted octanol–water partition coefficient (Wildman–Crippen LogP) is 3.30. The summed E-state index contributed by atoms with van der Waals surface area (Å²) in [6.45, 7) is 5.78. The van der Waals surface area contributed by atoms with Gasteiger partial charge in [0.2, 0.25) is 0 Å². The maximum atomic E-state index is 13.2. The molecule has 0 aliphatic heterocycles. The highest BCUT2D eigenvalue weighted by Crippen LogP contribution is 2.14. The molecule has 0 amide bonds. The van der Waals surface area contributed by atoms with Crippen molar-refractivity contribution in [2.45, 2.75) is 26.8 Å². The number of nitrogens with one attached hydrogen (secondary N) is 2. The standard InChI is InChI=1S/C14H21BrFN3/c1-10(2)4-5-18-14(17-3)19-9-11-6-12(15)8-13(16)7-11/h6-8,10H,4-5,9H2,1-3H3,(H2,17,18,19). The van der Waals surface area contributed by atoms with Crippen molar-refractivity contribution in [1.82, 2.24) is 10.6 Å². The van der Waals surface area contributed by atoms with Gasteiger partial charge in [0.1, 0.15) is 5.82 Å². The summed E-state index contributed by atoms with van der Waals surface area (Å²) in [6, 6.07) is 4.84. The molecule has 106 valence electrons. The lowest BCUT2D eigenvalue weighted by atomic mass is 10.1. The fourth-order valence-corrected chi connectivity index (χ4v) is 2.11. The molecule has 0 heterocycles. The van der Waals surface area contributed by atoms with Crippen LogP contribution in [0.3, 0.4) is 0 Å². The van der Waals surface area contributed by atoms with Crippen LogP contribution in [0.1, 0.15) is 25.8 Å². The zero-order valence-corrected chi connectivity index (χ0v) is 13.2. The van der Waals surface area contributed by atoms with Gasteiger partial charge in [-0.1, -0.05) is 29.8 Å². The van der Waals surface area contributed by atoms with Crippen molar-refractivity contribution in [1.29, 1.82) is 0 Å². The molecule has 1 rings (SSSR count). The minimum atomic E-state index is -0.242. The van der Waals surface area contributed by atoms with Crippen LogP contribution in [-0.2, 0) is 6.54 Å². The lowest BCUT2D eigenvalue weighted by molar-refractivity contribution is 0.573. The van der Waals surface area contributed by atoms with E-state index in [0.29, 0.717) is 12.5 Å². The largest absolute Gasteiger partial charge is 0.356 e. The highest BCUT2D eigenvalue weighted by molar-refractivity contribution is 9.10. The van der Waals surface area contributed by atoms with Crippen molar-refractivity contribution >= 4 is 21.9 Å². The third-order valence-electron chi connectivity index (χ3n) is 2.62. The van der Waals surface area contributed by atoms with Gasteiger partial charge in [0.05, 0.1) is 0 Å². The first kappa shape index (κ1) is 16.0. The van der Waals surface area contributed by atoms with E-state index in [1.165, 1.54) is 12.1 Å². The number of nitrogens with zero attached hydrogens (tertiary/aromatic N) is 1. The van der Waals surface area contributed by atoms with Crippen LogP contribution in [0, 0.1) is 11.7 Å². The number of aliphatic imine (C=N–C) groups is 1. The van der Waals surface area contributed by atoms with Crippen molar-refractivity contribution < 1.29 is 4.39 Å². The summed E-state index contributed by atoms with van der Waals surface area (Å²) in [7, 11) is 1.73. The lowest BCUT2D eigenvalue weighted by Crippen LogP contribution is -2.37. The maximum absolute atomic E-state index is 13.2. The molecule has 5 heteroatoms. The number of guanidine groups is 1. The maximum Gasteiger partial charge on any atom is 0.191 e. The fraction of sp³-hybridized carbons (Fsp3) is 0.500. The van der Waals surface area contributed by atoms with E-state index < -0.39 is 0 Å². The number of rotatable bonds is 5. The second kappa shape index (κ2) is 8.15. The molecule has 0 unspecified atom stereocenters. The van der Waals surface area contributed by atoms with E-state index in [-0.39, 0.29) is 5.82 Å². The fourth-order valence-electron chi connectivity index (χ4n) is 1.60. The van der Waals surface area contributed by atoms with Crippen LogP contribution in [0.5, 0.6) is 0 Å². The predicted molar refractivity (Wildman–Crippen MR) is 81.8 cm³/mol. The quantitative estimate of drug-likeness (QED) is 0.642. The van der Waals surface area contributed by atoms with E-state index >= 15 is 0 Å². The Kier molecular flexibility index (Phi) is 6.84. The molecule has 0 radical (unpaired) electrons. The lowest BCUT2D eigenvalue weighted by Gasteiger charge is -2.13. The highest BCUT2D eigenvalue weighted by Gasteiger charge is 2.02. The van der Waals surface area contributed by atoms with E-state index in [0.717, 1.165) is 29.0 Å². The van der Waals surface area contributed by atoms with Gasteiger partial charge in [0.25, 0.3) is 0 Å². The van der Waals surface area contributed by atoms with Crippen molar-refractivity contribution in [3.63, 3.8) is 0 Å². The van der Waals surface area contributed by atoms with Gasteiger partial charge >= 0.3 is 0 Å². The number of benzene rings is 1. The summed E-state index contributed by atoms with van der Waals surface area (Å²) in [5.74, 6) is 1.15. The molecule has 0 bridgehead atoms. The Balaban J connectivity index is 2.45. The Labute approximate surface area is 122 Å². The molecule has 0 saturated heterocycles. The Morgan fingerprint density at radius 2 is 2.05 bits per heavy atom. The third kappa shape index (κ3) is 6.57. The average Bonchev–Trinajstić information content (AvgIpc) is 2.32. The number of hydrogen-bond acceptors (Lipinski definition) is 1. The summed E-state index contributed by atoms with van der Waals surface area (Å²) in [4.78, 5) is 4.13. The van der Waals surface area contributed by atoms with E-state index in [2.05, 4.69) is 45.4 Å². The van der Waals surface area contributed by atoms with Crippen molar-refractivity contribution in [2.24, 2.45) is 10.9 Å². The molecular weight excluding hydrogens is 309 g/mol. The summed E-state index contributed by atoms with van der Waals surface area (Å²) >= 11 is 3.28. The van der Waals surface area contributed by atoms with Crippen LogP contribution in [-0.4, -0.2) is 19.6 Å². The van der Waals surface area contributed by atoms with Crippen LogP contribution in [0.2, 0.25) is 0 Å². The van der Waals surface area contributed by atoms with Gasteiger partial charge in [0, 0.05) is 24.6 Å². The minimum absolute atomic E-state index is 0.242. The van der Waals surface area contributed by atoms with Gasteiger partial charge in [-0.2, -0.15) is 0 Å². The molecule has 19 heavy (non-hydrogen) atoms. The molecular formula is C14H21BrFN3. The normalized spacial score (nSPS) is 11.8. The van der Waals surface area contributed by atoms with Gasteiger partial charge in [-0.05, 0) is 36.1 Å². The first-order valence-electron chi connectivity index (χ1n) is 6.40. The SMILES string of the molecule is CN=C(NCCC(C)C)NCc1cc(F)cc(Br)c1. The van der Waals surface area contributed by atoms with E-state index in [1.54, 1.807) is 7.05 Å². The van der Waals surface area contributed by atoms with Crippen LogP contribution in [0.4, 0.5) is 4.39 Å². The van der Waals surface area contributed by atoms with E-state index in [9.17, 15) is 4.39 Å². The number of hydrogen-bond donors (Lipinski definition) is 2. The van der Waals surface area contributed by atoms with Gasteiger partial charge in [-0.25, -0.2) is 4.39 Å². The molecule has 3 nitrogen and oxygen atoms in total. The summed E-state index contributed by atoms with van der Waals surface area (Å²) in [6.07, 6.45) is 1.09. The molecule has 0 aliphatic carbocycles. The number of halogens is 2. The molecule has 1 aromatic carbocycles. The summed E-state index contributed by atoms with van der Waals surface area (Å²) in [5.41, 5.74) is 0.874. The van der Waals surface area contributed by atoms with Crippen molar-refractivity contribution in [3.05, 3.63) is 34.1 Å². The van der Waals surface area contributed by atoms with Crippen LogP contribution >= 0.6 is 15.9 Å². The molecule has 2 N–H and O–H groups in total. The van der Waals surface area contributed by atoms with Gasteiger partial charge in [0.15, 0.2) is 5.96 Å². The van der Waals surface area contributed by atoms with Gasteiger partial charge in [-0.15, -0.1) is 0 Å². The molecule has 0 aromatic heterocycles. The summed E-state index contributed by atoms with van der Waals surface area (Å²) < 4.78 is 14.0. The molecule has 0 fully saturated rings. The first-order valence-corrected chi connectivity index (χ1v) is 7.20. The van der Waals surface area contributed by atoms with E-state index in [1.807, 2.05) is 6.07 Å². The van der Waals surface area contributed by atoms with Crippen molar-refractivity contribution in [3.8, 4) is 0 Å². The third-order valence-corrected chi connectivity index (χ3v) is 3.08. The molecule has 1 aromatic rings. The van der Waals surface area contributed by atoms with Gasteiger partial charge < -0.3 is 10.6 Å². The first-order chi connectivity index (χ1) is 9.01. The highest BCUT2D eigenvalue weighted by atomic mass is 79.9. The second-order valence-corrected chi connectivity index (χ2v) is 5.73. The smallest absolute Gasteiger partial charge is 0.191 e. The second-order valence-electron chi connectivity index (χ2n) is 4.81. The molecule has 0 atom stereocenters. The Bertz CT molecular complexity index is 412. The molecule has 0 spiro atoms. The van der Waals surface area contributed by atoms with Crippen molar-refractivity contribution in [2.75, 3.05) is 13.6 Å². The monoisotopic (exact) mass is 329 g/mol.